The van der Waals surface area contributed by atoms with Crippen molar-refractivity contribution in [2.24, 2.45) is 11.7 Å². The Bertz CT molecular complexity index is 256. The van der Waals surface area contributed by atoms with Gasteiger partial charge in [0, 0.05) is 25.6 Å². The number of amides is 1. The lowest BCUT2D eigenvalue weighted by Gasteiger charge is -2.20. The van der Waals surface area contributed by atoms with E-state index < -0.39 is 5.54 Å². The summed E-state index contributed by atoms with van der Waals surface area (Å²) in [7, 11) is 0. The van der Waals surface area contributed by atoms with Crippen LogP contribution in [0.25, 0.3) is 0 Å². The molecule has 0 aromatic heterocycles. The molecule has 1 saturated heterocycles. The Balaban J connectivity index is 0.00000128. The van der Waals surface area contributed by atoms with Gasteiger partial charge in [0.25, 0.3) is 0 Å². The van der Waals surface area contributed by atoms with Crippen LogP contribution in [0.5, 0.6) is 0 Å². The third-order valence-corrected chi connectivity index (χ3v) is 3.35. The van der Waals surface area contributed by atoms with Crippen molar-refractivity contribution in [1.82, 2.24) is 4.90 Å². The molecule has 2 fully saturated rings. The van der Waals surface area contributed by atoms with Gasteiger partial charge in [0.05, 0.1) is 12.1 Å². The third kappa shape index (κ3) is 2.87. The Morgan fingerprint density at radius 3 is 2.81 bits per heavy atom. The fourth-order valence-electron chi connectivity index (χ4n) is 2.10. The Kier molecular flexibility index (Phi) is 4.59. The second-order valence-corrected chi connectivity index (χ2v) is 4.72. The fourth-order valence-corrected chi connectivity index (χ4v) is 2.10. The highest BCUT2D eigenvalue weighted by molar-refractivity contribution is 5.89. The molecule has 1 aliphatic heterocycles. The highest BCUT2D eigenvalue weighted by atomic mass is 35.5. The molecular formula is C11H21ClN2O2. The van der Waals surface area contributed by atoms with Crippen LogP contribution in [0.1, 0.15) is 26.2 Å². The SMILES string of the molecule is CCOCC1CCN(C(=O)C2(N)CC2)C1.Cl. The number of ether oxygens (including phenoxy) is 1. The van der Waals surface area contributed by atoms with Gasteiger partial charge in [0.2, 0.25) is 5.91 Å². The van der Waals surface area contributed by atoms with E-state index in [2.05, 4.69) is 0 Å². The first-order valence-electron chi connectivity index (χ1n) is 5.82. The van der Waals surface area contributed by atoms with E-state index in [1.54, 1.807) is 0 Å². The number of hydrogen-bond acceptors (Lipinski definition) is 3. The normalized spacial score (nSPS) is 26.4. The zero-order valence-electron chi connectivity index (χ0n) is 9.78. The summed E-state index contributed by atoms with van der Waals surface area (Å²) in [6.45, 7) is 5.22. The van der Waals surface area contributed by atoms with Crippen LogP contribution < -0.4 is 5.73 Å². The van der Waals surface area contributed by atoms with Crippen LogP contribution in [0.3, 0.4) is 0 Å². The smallest absolute Gasteiger partial charge is 0.242 e. The van der Waals surface area contributed by atoms with Crippen molar-refractivity contribution < 1.29 is 9.53 Å². The van der Waals surface area contributed by atoms with Gasteiger partial charge in [-0.3, -0.25) is 4.79 Å². The Morgan fingerprint density at radius 1 is 1.56 bits per heavy atom. The zero-order valence-corrected chi connectivity index (χ0v) is 10.6. The molecule has 94 valence electrons. The summed E-state index contributed by atoms with van der Waals surface area (Å²) in [6, 6.07) is 0. The number of nitrogens with zero attached hydrogens (tertiary/aromatic N) is 1. The molecule has 1 amide bonds. The van der Waals surface area contributed by atoms with Gasteiger partial charge in [-0.2, -0.15) is 0 Å². The molecule has 0 aromatic carbocycles. The van der Waals surface area contributed by atoms with E-state index in [9.17, 15) is 4.79 Å². The van der Waals surface area contributed by atoms with E-state index in [-0.39, 0.29) is 18.3 Å². The van der Waals surface area contributed by atoms with Crippen molar-refractivity contribution in [3.05, 3.63) is 0 Å². The molecular weight excluding hydrogens is 228 g/mol. The Morgan fingerprint density at radius 2 is 2.25 bits per heavy atom. The van der Waals surface area contributed by atoms with Crippen LogP contribution in [-0.4, -0.2) is 42.6 Å². The van der Waals surface area contributed by atoms with Gasteiger partial charge in [0.15, 0.2) is 0 Å². The lowest BCUT2D eigenvalue weighted by molar-refractivity contribution is -0.132. The predicted octanol–water partition coefficient (Wildman–Crippen LogP) is 0.784. The van der Waals surface area contributed by atoms with Crippen molar-refractivity contribution in [2.45, 2.75) is 31.7 Å². The highest BCUT2D eigenvalue weighted by Crippen LogP contribution is 2.35. The van der Waals surface area contributed by atoms with Crippen LogP contribution in [0.2, 0.25) is 0 Å². The van der Waals surface area contributed by atoms with Gasteiger partial charge in [-0.1, -0.05) is 0 Å². The van der Waals surface area contributed by atoms with Gasteiger partial charge >= 0.3 is 0 Å². The van der Waals surface area contributed by atoms with Gasteiger partial charge in [-0.25, -0.2) is 0 Å². The summed E-state index contributed by atoms with van der Waals surface area (Å²) in [5.74, 6) is 0.665. The molecule has 2 rings (SSSR count). The maximum Gasteiger partial charge on any atom is 0.242 e. The molecule has 1 aliphatic carbocycles. The van der Waals surface area contributed by atoms with E-state index in [1.807, 2.05) is 11.8 Å². The first-order valence-corrected chi connectivity index (χ1v) is 5.82. The minimum Gasteiger partial charge on any atom is -0.381 e. The van der Waals surface area contributed by atoms with Gasteiger partial charge in [-0.15, -0.1) is 12.4 Å². The number of nitrogens with two attached hydrogens (primary N) is 1. The van der Waals surface area contributed by atoms with Crippen LogP contribution in [0, 0.1) is 5.92 Å². The molecule has 2 aliphatic rings. The summed E-state index contributed by atoms with van der Waals surface area (Å²) in [4.78, 5) is 13.8. The summed E-state index contributed by atoms with van der Waals surface area (Å²) < 4.78 is 5.38. The van der Waals surface area contributed by atoms with E-state index in [0.717, 1.165) is 45.6 Å². The zero-order chi connectivity index (χ0) is 10.9. The Hall–Kier alpha value is -0.320. The van der Waals surface area contributed by atoms with E-state index in [0.29, 0.717) is 5.92 Å². The lowest BCUT2D eigenvalue weighted by Crippen LogP contribution is -2.44. The quantitative estimate of drug-likeness (QED) is 0.800. The van der Waals surface area contributed by atoms with E-state index >= 15 is 0 Å². The number of rotatable bonds is 4. The maximum absolute atomic E-state index is 11.9. The van der Waals surface area contributed by atoms with Crippen molar-refractivity contribution in [2.75, 3.05) is 26.3 Å². The van der Waals surface area contributed by atoms with Crippen LogP contribution in [-0.2, 0) is 9.53 Å². The van der Waals surface area contributed by atoms with Crippen molar-refractivity contribution in [3.63, 3.8) is 0 Å². The fraction of sp³-hybridized carbons (Fsp3) is 0.909. The average Bonchev–Trinajstić information content (AvgIpc) is 2.82. The number of carbonyl (C=O) groups is 1. The molecule has 1 atom stereocenters. The summed E-state index contributed by atoms with van der Waals surface area (Å²) in [5, 5.41) is 0. The minimum absolute atomic E-state index is 0. The molecule has 2 N–H and O–H groups in total. The molecule has 5 heteroatoms. The summed E-state index contributed by atoms with van der Waals surface area (Å²) >= 11 is 0. The highest BCUT2D eigenvalue weighted by Gasteiger charge is 2.49. The molecule has 0 spiro atoms. The van der Waals surface area contributed by atoms with Crippen molar-refractivity contribution in [3.8, 4) is 0 Å². The average molecular weight is 249 g/mol. The van der Waals surface area contributed by atoms with Gasteiger partial charge < -0.3 is 15.4 Å². The lowest BCUT2D eigenvalue weighted by atomic mass is 10.1. The number of likely N-dealkylation sites (tertiary alicyclic amines) is 1. The first-order chi connectivity index (χ1) is 7.15. The molecule has 16 heavy (non-hydrogen) atoms. The van der Waals surface area contributed by atoms with Crippen molar-refractivity contribution in [1.29, 1.82) is 0 Å². The molecule has 0 radical (unpaired) electrons. The van der Waals surface area contributed by atoms with Gasteiger partial charge in [0.1, 0.15) is 0 Å². The molecule has 4 nitrogen and oxygen atoms in total. The molecule has 1 saturated carbocycles. The minimum atomic E-state index is -0.500. The molecule has 1 unspecified atom stereocenters. The monoisotopic (exact) mass is 248 g/mol. The number of hydrogen-bond donors (Lipinski definition) is 1. The second-order valence-electron chi connectivity index (χ2n) is 4.72. The van der Waals surface area contributed by atoms with Crippen LogP contribution in [0.4, 0.5) is 0 Å². The largest absolute Gasteiger partial charge is 0.381 e. The van der Waals surface area contributed by atoms with E-state index in [4.69, 9.17) is 10.5 Å². The first kappa shape index (κ1) is 13.7. The second kappa shape index (κ2) is 5.34. The number of halogens is 1. The van der Waals surface area contributed by atoms with Crippen LogP contribution in [0.15, 0.2) is 0 Å². The van der Waals surface area contributed by atoms with Gasteiger partial charge in [-0.05, 0) is 26.2 Å². The Labute approximate surface area is 103 Å². The standard InChI is InChI=1S/C11H20N2O2.ClH/c1-2-15-8-9-3-6-13(7-9)10(14)11(12)4-5-11;/h9H,2-8,12H2,1H3;1H. The molecule has 1 heterocycles. The maximum atomic E-state index is 11.9. The predicted molar refractivity (Wildman–Crippen MR) is 64.6 cm³/mol. The van der Waals surface area contributed by atoms with Crippen molar-refractivity contribution >= 4 is 18.3 Å². The van der Waals surface area contributed by atoms with Crippen LogP contribution >= 0.6 is 12.4 Å². The topological polar surface area (TPSA) is 55.6 Å². The number of carbonyl (C=O) groups excluding carboxylic acids is 1. The molecule has 0 aromatic rings. The summed E-state index contributed by atoms with van der Waals surface area (Å²) in [6.07, 6.45) is 2.78. The molecule has 0 bridgehead atoms. The third-order valence-electron chi connectivity index (χ3n) is 3.35. The van der Waals surface area contributed by atoms with E-state index in [1.165, 1.54) is 0 Å². The summed E-state index contributed by atoms with van der Waals surface area (Å²) in [5.41, 5.74) is 5.39.